The number of benzene rings is 2. The molecule has 2 aromatic carbocycles. The Morgan fingerprint density at radius 3 is 1.48 bits per heavy atom. The Labute approximate surface area is 384 Å². The highest BCUT2D eigenvalue weighted by atomic mass is 32.1. The number of thiazole rings is 2. The first kappa shape index (κ1) is 51.8. The molecule has 0 aliphatic heterocycles. The van der Waals surface area contributed by atoms with Crippen molar-refractivity contribution in [2.24, 2.45) is 0 Å². The van der Waals surface area contributed by atoms with E-state index in [0.717, 1.165) is 22.7 Å². The van der Waals surface area contributed by atoms with E-state index < -0.39 is 48.8 Å². The zero-order chi connectivity index (χ0) is 48.8. The van der Waals surface area contributed by atoms with Crippen LogP contribution in [0, 0.1) is 35.0 Å². The lowest BCUT2D eigenvalue weighted by Gasteiger charge is -2.07. The van der Waals surface area contributed by atoms with Gasteiger partial charge >= 0.3 is 11.9 Å². The molecule has 22 heteroatoms. The number of esters is 2. The minimum atomic E-state index is -0.657. The molecule has 0 saturated heterocycles. The number of hydrogen-bond donors (Lipinski definition) is 6. The van der Waals surface area contributed by atoms with Crippen LogP contribution in [-0.2, 0) is 51.3 Å². The van der Waals surface area contributed by atoms with Gasteiger partial charge < -0.3 is 41.4 Å². The number of anilines is 4. The lowest BCUT2D eigenvalue weighted by Crippen LogP contribution is -2.34. The zero-order valence-electron chi connectivity index (χ0n) is 36.1. The van der Waals surface area contributed by atoms with E-state index in [-0.39, 0.29) is 62.3 Å². The van der Waals surface area contributed by atoms with Crippen molar-refractivity contribution < 1.29 is 38.2 Å². The van der Waals surface area contributed by atoms with Gasteiger partial charge in [0.25, 0.3) is 34.7 Å². The van der Waals surface area contributed by atoms with E-state index in [1.54, 1.807) is 62.4 Å². The third kappa shape index (κ3) is 15.4. The number of rotatable bonds is 17. The maximum Gasteiger partial charge on any atom is 0.303 e. The molecule has 342 valence electrons. The summed E-state index contributed by atoms with van der Waals surface area (Å²) in [6, 6.07) is 17.1. The molecule has 0 saturated carbocycles. The number of terminal acetylenes is 1. The SMILES string of the molecule is C#CCNC(=O)C(C#N)=c1sc(=CNc2cccc(NC(=O)COC(C)=O)c2)c(=O)n1CC.C=CCNC(=O)C(C#N)=c1sc(=CNc2cccc(NC(=O)COC(C)=O)c2)c(=O)n1CC. The highest BCUT2D eigenvalue weighted by molar-refractivity contribution is 7.08. The van der Waals surface area contributed by atoms with Gasteiger partial charge in [-0.05, 0) is 50.2 Å². The van der Waals surface area contributed by atoms with E-state index in [9.17, 15) is 48.9 Å². The molecule has 0 aliphatic carbocycles. The first-order valence-corrected chi connectivity index (χ1v) is 21.1. The van der Waals surface area contributed by atoms with Gasteiger partial charge in [0.2, 0.25) is 0 Å². The first-order valence-electron chi connectivity index (χ1n) is 19.5. The molecule has 20 nitrogen and oxygen atoms in total. The summed E-state index contributed by atoms with van der Waals surface area (Å²) in [5.41, 5.74) is 0.980. The molecule has 4 aromatic rings. The van der Waals surface area contributed by atoms with Crippen molar-refractivity contribution in [2.75, 3.05) is 47.6 Å². The quantitative estimate of drug-likeness (QED) is 0.0461. The van der Waals surface area contributed by atoms with Crippen LogP contribution in [0.25, 0.3) is 23.5 Å². The van der Waals surface area contributed by atoms with Gasteiger partial charge in [0.1, 0.15) is 30.5 Å². The van der Waals surface area contributed by atoms with E-state index in [4.69, 9.17) is 6.42 Å². The fourth-order valence-electron chi connectivity index (χ4n) is 5.25. The molecule has 0 atom stereocenters. The summed E-state index contributed by atoms with van der Waals surface area (Å²) in [5.74, 6) is -1.09. The Hall–Kier alpha value is -8.52. The van der Waals surface area contributed by atoms with Crippen molar-refractivity contribution in [2.45, 2.75) is 40.8 Å². The summed E-state index contributed by atoms with van der Waals surface area (Å²) in [6.45, 7) is 9.30. The Bertz CT molecular complexity index is 3020. The lowest BCUT2D eigenvalue weighted by molar-refractivity contribution is -0.145. The Kier molecular flexibility index (Phi) is 20.6. The van der Waals surface area contributed by atoms with Gasteiger partial charge in [-0.25, -0.2) is 0 Å². The van der Waals surface area contributed by atoms with Crippen molar-refractivity contribution in [1.29, 1.82) is 10.5 Å². The van der Waals surface area contributed by atoms with Gasteiger partial charge in [-0.3, -0.25) is 47.5 Å². The normalized spacial score (nSPS) is 11.7. The van der Waals surface area contributed by atoms with E-state index in [2.05, 4.69) is 53.9 Å². The van der Waals surface area contributed by atoms with Crippen LogP contribution in [0.2, 0.25) is 0 Å². The number of carbonyl (C=O) groups excluding carboxylic acids is 6. The van der Waals surface area contributed by atoms with Gasteiger partial charge in [-0.15, -0.1) is 35.7 Å². The highest BCUT2D eigenvalue weighted by Gasteiger charge is 2.16. The van der Waals surface area contributed by atoms with Crippen LogP contribution in [-0.4, -0.2) is 71.0 Å². The Morgan fingerprint density at radius 1 is 0.712 bits per heavy atom. The van der Waals surface area contributed by atoms with Crippen LogP contribution in [0.1, 0.15) is 27.7 Å². The summed E-state index contributed by atoms with van der Waals surface area (Å²) in [6.07, 6.45) is 9.55. The monoisotopic (exact) mass is 936 g/mol. The van der Waals surface area contributed by atoms with Crippen molar-refractivity contribution in [3.05, 3.63) is 100 Å². The Balaban J connectivity index is 0.000000350. The van der Waals surface area contributed by atoms with Crippen molar-refractivity contribution in [3.63, 3.8) is 0 Å². The molecular formula is C44H44N10O10S2. The molecule has 4 amide bonds. The number of nitriles is 2. The summed E-state index contributed by atoms with van der Waals surface area (Å²) >= 11 is 2.01. The highest BCUT2D eigenvalue weighted by Crippen LogP contribution is 2.16. The Morgan fingerprint density at radius 2 is 1.12 bits per heavy atom. The van der Waals surface area contributed by atoms with Gasteiger partial charge in [-0.2, -0.15) is 10.5 Å². The molecule has 0 unspecified atom stereocenters. The summed E-state index contributed by atoms with van der Waals surface area (Å²) in [7, 11) is 0. The van der Waals surface area contributed by atoms with Crippen molar-refractivity contribution in [1.82, 2.24) is 19.8 Å². The van der Waals surface area contributed by atoms with Crippen LogP contribution in [0.4, 0.5) is 22.7 Å². The second-order valence-corrected chi connectivity index (χ2v) is 15.0. The largest absolute Gasteiger partial charge is 0.456 e. The van der Waals surface area contributed by atoms with Crippen LogP contribution < -0.4 is 61.4 Å². The maximum absolute atomic E-state index is 12.8. The minimum Gasteiger partial charge on any atom is -0.456 e. The molecule has 6 N–H and O–H groups in total. The number of nitrogens with zero attached hydrogens (tertiary/aromatic N) is 4. The molecule has 0 spiro atoms. The lowest BCUT2D eigenvalue weighted by atomic mass is 10.2. The molecule has 0 aliphatic rings. The minimum absolute atomic E-state index is 0.0416. The summed E-state index contributed by atoms with van der Waals surface area (Å²) in [4.78, 5) is 95.3. The molecule has 2 heterocycles. The second-order valence-electron chi connectivity index (χ2n) is 12.9. The van der Waals surface area contributed by atoms with Crippen LogP contribution in [0.3, 0.4) is 0 Å². The molecule has 0 fully saturated rings. The predicted octanol–water partition coefficient (Wildman–Crippen LogP) is -0.0370. The summed E-state index contributed by atoms with van der Waals surface area (Å²) in [5, 5.41) is 35.0. The number of nitrogens with one attached hydrogen (secondary N) is 6. The van der Waals surface area contributed by atoms with E-state index in [1.807, 2.05) is 12.1 Å². The second kappa shape index (κ2) is 26.2. The van der Waals surface area contributed by atoms with Gasteiger partial charge in [0.15, 0.2) is 24.4 Å². The number of aromatic nitrogens is 2. The maximum atomic E-state index is 12.8. The predicted molar refractivity (Wildman–Crippen MR) is 250 cm³/mol. The fraction of sp³-hybridized carbons (Fsp3) is 0.227. The molecule has 66 heavy (non-hydrogen) atoms. The molecule has 0 bridgehead atoms. The third-order valence-corrected chi connectivity index (χ3v) is 10.4. The average Bonchev–Trinajstić information content (AvgIpc) is 3.78. The number of carbonyl (C=O) groups is 6. The molecule has 0 radical (unpaired) electrons. The van der Waals surface area contributed by atoms with E-state index in [0.29, 0.717) is 27.3 Å². The first-order chi connectivity index (χ1) is 31.6. The number of ether oxygens (including phenoxy) is 2. The van der Waals surface area contributed by atoms with Crippen molar-refractivity contribution >= 4 is 105 Å². The van der Waals surface area contributed by atoms with Crippen LogP contribution in [0.5, 0.6) is 0 Å². The molecule has 2 aromatic heterocycles. The van der Waals surface area contributed by atoms with Crippen LogP contribution >= 0.6 is 22.7 Å². The number of hydrogen-bond acceptors (Lipinski definition) is 16. The van der Waals surface area contributed by atoms with E-state index in [1.165, 1.54) is 41.5 Å². The molecule has 4 rings (SSSR count). The van der Waals surface area contributed by atoms with Crippen molar-refractivity contribution in [3.8, 4) is 24.5 Å². The average molecular weight is 937 g/mol. The summed E-state index contributed by atoms with van der Waals surface area (Å²) < 4.78 is 13.0. The van der Waals surface area contributed by atoms with Gasteiger partial charge in [-0.1, -0.05) is 24.1 Å². The van der Waals surface area contributed by atoms with E-state index >= 15 is 0 Å². The smallest absolute Gasteiger partial charge is 0.303 e. The van der Waals surface area contributed by atoms with Gasteiger partial charge in [0, 0.05) is 68.6 Å². The zero-order valence-corrected chi connectivity index (χ0v) is 37.7. The van der Waals surface area contributed by atoms with Gasteiger partial charge in [0.05, 0.1) is 6.54 Å². The fourth-order valence-corrected chi connectivity index (χ4v) is 7.42. The molecular weight excluding hydrogens is 893 g/mol. The third-order valence-electron chi connectivity index (χ3n) is 8.16. The topological polar surface area (TPSA) is 285 Å². The van der Waals surface area contributed by atoms with Crippen LogP contribution in [0.15, 0.2) is 70.8 Å². The number of amides is 4. The standard InChI is InChI=1S/C22H23N5O5S.C22H21N5O5S/c2*1-4-9-24-20(30)17(11-23)22-27(5-2)21(31)18(33-22)12-25-15-7-6-8-16(10-15)26-19(29)13-32-14(3)28/h4,6-8,10,12,25H,1,5,9,13H2,2-3H3,(H,24,30)(H,26,29);1,6-8,10,12,25H,5,9,13H2,2-3H3,(H,24,30)(H,26,29).